The molecular weight excluding hydrogens is 265 g/mol. The summed E-state index contributed by atoms with van der Waals surface area (Å²) in [6, 6.07) is 18.5. The Bertz CT molecular complexity index is 658. The lowest BCUT2D eigenvalue weighted by Crippen LogP contribution is -1.97. The molecule has 0 radical (unpaired) electrons. The Labute approximate surface area is 117 Å². The van der Waals surface area contributed by atoms with E-state index in [0.717, 1.165) is 11.6 Å². The molecule has 0 spiro atoms. The van der Waals surface area contributed by atoms with Crippen LogP contribution in [0.1, 0.15) is 5.56 Å². The third-order valence-electron chi connectivity index (χ3n) is 2.92. The predicted molar refractivity (Wildman–Crippen MR) is 79.7 cm³/mol. The van der Waals surface area contributed by atoms with Gasteiger partial charge in [-0.2, -0.15) is 0 Å². The van der Waals surface area contributed by atoms with Crippen molar-refractivity contribution in [2.75, 3.05) is 0 Å². The van der Waals surface area contributed by atoms with E-state index in [2.05, 4.69) is 47.2 Å². The van der Waals surface area contributed by atoms with Gasteiger partial charge in [-0.25, -0.2) is 0 Å². The van der Waals surface area contributed by atoms with E-state index in [-0.39, 0.29) is 12.4 Å². The number of para-hydroxylation sites is 1. The summed E-state index contributed by atoms with van der Waals surface area (Å²) in [4.78, 5) is 0. The molecule has 2 aromatic carbocycles. The first-order chi connectivity index (χ1) is 8.33. The van der Waals surface area contributed by atoms with Crippen molar-refractivity contribution in [3.63, 3.8) is 0 Å². The van der Waals surface area contributed by atoms with Gasteiger partial charge in [0.25, 0.3) is 0 Å². The first-order valence-corrected chi connectivity index (χ1v) is 5.99. The lowest BCUT2D eigenvalue weighted by molar-refractivity contribution is 0.837. The summed E-state index contributed by atoms with van der Waals surface area (Å²) >= 11 is 5.99. The van der Waals surface area contributed by atoms with Crippen LogP contribution >= 0.6 is 24.0 Å². The Balaban J connectivity index is 0.00000120. The third kappa shape index (κ3) is 2.53. The van der Waals surface area contributed by atoms with E-state index in [0.29, 0.717) is 0 Å². The highest BCUT2D eigenvalue weighted by Gasteiger charge is 2.01. The number of halogens is 2. The van der Waals surface area contributed by atoms with Gasteiger partial charge in [-0.1, -0.05) is 41.9 Å². The van der Waals surface area contributed by atoms with Crippen molar-refractivity contribution in [2.45, 2.75) is 6.54 Å². The molecule has 0 saturated heterocycles. The summed E-state index contributed by atoms with van der Waals surface area (Å²) in [7, 11) is 0. The molecule has 0 unspecified atom stereocenters. The number of hydrogen-bond donors (Lipinski definition) is 0. The number of hydrogen-bond acceptors (Lipinski definition) is 0. The molecule has 0 fully saturated rings. The number of benzene rings is 2. The normalized spacial score (nSPS) is 10.3. The highest BCUT2D eigenvalue weighted by atomic mass is 35.5. The van der Waals surface area contributed by atoms with Gasteiger partial charge in [0.1, 0.15) is 0 Å². The molecule has 1 aromatic heterocycles. The van der Waals surface area contributed by atoms with Crippen molar-refractivity contribution in [1.82, 2.24) is 4.57 Å². The monoisotopic (exact) mass is 277 g/mol. The topological polar surface area (TPSA) is 4.93 Å². The zero-order valence-corrected chi connectivity index (χ0v) is 11.3. The summed E-state index contributed by atoms with van der Waals surface area (Å²) in [6.45, 7) is 0.855. The molecule has 1 heterocycles. The van der Waals surface area contributed by atoms with Gasteiger partial charge in [0.2, 0.25) is 0 Å². The maximum atomic E-state index is 5.99. The highest BCUT2D eigenvalue weighted by Crippen LogP contribution is 2.18. The van der Waals surface area contributed by atoms with Crippen LogP contribution in [0, 0.1) is 0 Å². The minimum atomic E-state index is 0. The van der Waals surface area contributed by atoms with Crippen LogP contribution in [0.4, 0.5) is 0 Å². The fourth-order valence-electron chi connectivity index (χ4n) is 2.11. The molecule has 0 atom stereocenters. The molecule has 0 saturated carbocycles. The van der Waals surface area contributed by atoms with Crippen LogP contribution in [0.15, 0.2) is 60.8 Å². The third-order valence-corrected chi connectivity index (χ3v) is 3.16. The van der Waals surface area contributed by atoms with Crippen molar-refractivity contribution >= 4 is 34.9 Å². The van der Waals surface area contributed by atoms with Crippen molar-refractivity contribution in [2.24, 2.45) is 0 Å². The molecule has 3 heteroatoms. The van der Waals surface area contributed by atoms with Gasteiger partial charge in [0, 0.05) is 23.3 Å². The molecule has 1 nitrogen and oxygen atoms in total. The minimum Gasteiger partial charge on any atom is -0.343 e. The van der Waals surface area contributed by atoms with E-state index < -0.39 is 0 Å². The van der Waals surface area contributed by atoms with Gasteiger partial charge >= 0.3 is 0 Å². The standard InChI is InChI=1S/C15H12ClN.ClH/c16-14-6-3-4-12(10-14)11-17-9-8-13-5-1-2-7-15(13)17;/h1-10H,11H2;1H. The van der Waals surface area contributed by atoms with Crippen LogP contribution in [0.2, 0.25) is 5.02 Å². The highest BCUT2D eigenvalue weighted by molar-refractivity contribution is 6.30. The van der Waals surface area contributed by atoms with E-state index in [4.69, 9.17) is 11.6 Å². The minimum absolute atomic E-state index is 0. The first-order valence-electron chi connectivity index (χ1n) is 5.61. The summed E-state index contributed by atoms with van der Waals surface area (Å²) in [5.41, 5.74) is 2.48. The maximum absolute atomic E-state index is 5.99. The SMILES string of the molecule is Cl.Clc1cccc(Cn2ccc3ccccc32)c1. The second-order valence-corrected chi connectivity index (χ2v) is 4.57. The first kappa shape index (κ1) is 13.0. The molecule has 0 bridgehead atoms. The van der Waals surface area contributed by atoms with E-state index in [1.165, 1.54) is 16.5 Å². The van der Waals surface area contributed by atoms with E-state index in [9.17, 15) is 0 Å². The molecule has 18 heavy (non-hydrogen) atoms. The average Bonchev–Trinajstić information content (AvgIpc) is 2.73. The van der Waals surface area contributed by atoms with E-state index in [1.807, 2.05) is 18.2 Å². The zero-order chi connectivity index (χ0) is 11.7. The number of nitrogens with zero attached hydrogens (tertiary/aromatic N) is 1. The molecule has 92 valence electrons. The summed E-state index contributed by atoms with van der Waals surface area (Å²) < 4.78 is 2.24. The number of fused-ring (bicyclic) bond motifs is 1. The quantitative estimate of drug-likeness (QED) is 0.636. The fourth-order valence-corrected chi connectivity index (χ4v) is 2.32. The molecule has 0 amide bonds. The lowest BCUT2D eigenvalue weighted by Gasteiger charge is -2.05. The Morgan fingerprint density at radius 2 is 1.78 bits per heavy atom. The molecule has 3 aromatic rings. The number of rotatable bonds is 2. The summed E-state index contributed by atoms with van der Waals surface area (Å²) in [6.07, 6.45) is 2.12. The molecule has 0 aliphatic rings. The Kier molecular flexibility index (Phi) is 3.95. The van der Waals surface area contributed by atoms with E-state index in [1.54, 1.807) is 0 Å². The van der Waals surface area contributed by atoms with Crippen molar-refractivity contribution < 1.29 is 0 Å². The van der Waals surface area contributed by atoms with Gasteiger partial charge in [-0.05, 0) is 35.2 Å². The molecular formula is C15H13Cl2N. The maximum Gasteiger partial charge on any atom is 0.0483 e. The fraction of sp³-hybridized carbons (Fsp3) is 0.0667. The van der Waals surface area contributed by atoms with E-state index >= 15 is 0 Å². The lowest BCUT2D eigenvalue weighted by atomic mass is 10.2. The summed E-state index contributed by atoms with van der Waals surface area (Å²) in [5, 5.41) is 2.06. The van der Waals surface area contributed by atoms with Crippen LogP contribution in [0.25, 0.3) is 10.9 Å². The molecule has 0 aliphatic heterocycles. The van der Waals surface area contributed by atoms with Gasteiger partial charge < -0.3 is 4.57 Å². The van der Waals surface area contributed by atoms with Crippen LogP contribution in [0.3, 0.4) is 0 Å². The zero-order valence-electron chi connectivity index (χ0n) is 9.71. The van der Waals surface area contributed by atoms with Gasteiger partial charge in [-0.15, -0.1) is 12.4 Å². The Morgan fingerprint density at radius 3 is 2.61 bits per heavy atom. The van der Waals surface area contributed by atoms with Crippen LogP contribution < -0.4 is 0 Å². The smallest absolute Gasteiger partial charge is 0.0483 e. The van der Waals surface area contributed by atoms with Crippen molar-refractivity contribution in [1.29, 1.82) is 0 Å². The van der Waals surface area contributed by atoms with Crippen LogP contribution in [0.5, 0.6) is 0 Å². The van der Waals surface area contributed by atoms with Crippen molar-refractivity contribution in [3.8, 4) is 0 Å². The Morgan fingerprint density at radius 1 is 0.944 bits per heavy atom. The predicted octanol–water partition coefficient (Wildman–Crippen LogP) is 4.76. The molecule has 3 rings (SSSR count). The van der Waals surface area contributed by atoms with Crippen LogP contribution in [-0.4, -0.2) is 4.57 Å². The largest absolute Gasteiger partial charge is 0.343 e. The second kappa shape index (κ2) is 5.47. The van der Waals surface area contributed by atoms with Gasteiger partial charge in [0.05, 0.1) is 0 Å². The number of aromatic nitrogens is 1. The second-order valence-electron chi connectivity index (χ2n) is 4.13. The molecule has 0 N–H and O–H groups in total. The molecule has 0 aliphatic carbocycles. The van der Waals surface area contributed by atoms with Gasteiger partial charge in [-0.3, -0.25) is 0 Å². The van der Waals surface area contributed by atoms with Crippen molar-refractivity contribution in [3.05, 3.63) is 71.4 Å². The average molecular weight is 278 g/mol. The summed E-state index contributed by atoms with van der Waals surface area (Å²) in [5.74, 6) is 0. The van der Waals surface area contributed by atoms with Gasteiger partial charge in [0.15, 0.2) is 0 Å². The van der Waals surface area contributed by atoms with Crippen LogP contribution in [-0.2, 0) is 6.54 Å². The Hall–Kier alpha value is -1.44.